The van der Waals surface area contributed by atoms with Gasteiger partial charge < -0.3 is 4.57 Å². The molecule has 0 aliphatic heterocycles. The molecule has 13 rings (SSSR count). The summed E-state index contributed by atoms with van der Waals surface area (Å²) in [4.78, 5) is 25.9. The minimum atomic E-state index is 0.615. The Morgan fingerprint density at radius 1 is 0.265 bits per heavy atom. The van der Waals surface area contributed by atoms with Crippen molar-refractivity contribution in [3.8, 4) is 79.4 Å². The zero-order valence-corrected chi connectivity index (χ0v) is 36.6. The van der Waals surface area contributed by atoms with Crippen LogP contribution in [0.4, 0.5) is 0 Å². The molecule has 0 fully saturated rings. The van der Waals surface area contributed by atoms with Crippen LogP contribution in [0.2, 0.25) is 0 Å². The fourth-order valence-corrected chi connectivity index (χ4v) is 9.64. The average Bonchev–Trinajstić information content (AvgIpc) is 3.94. The van der Waals surface area contributed by atoms with Crippen molar-refractivity contribution in [2.24, 2.45) is 0 Å². The van der Waals surface area contributed by atoms with Crippen LogP contribution in [0.5, 0.6) is 0 Å². The molecule has 0 saturated heterocycles. The Bertz CT molecular complexity index is 3880. The van der Waals surface area contributed by atoms with E-state index in [1.54, 1.807) is 0 Å². The van der Waals surface area contributed by atoms with Crippen molar-refractivity contribution in [1.82, 2.24) is 34.1 Å². The second-order valence-electron chi connectivity index (χ2n) is 16.9. The van der Waals surface area contributed by atoms with Crippen molar-refractivity contribution in [1.29, 1.82) is 0 Å². The van der Waals surface area contributed by atoms with E-state index in [4.69, 9.17) is 24.9 Å². The summed E-state index contributed by atoms with van der Waals surface area (Å²) in [5.74, 6) is 2.49. The van der Waals surface area contributed by atoms with Gasteiger partial charge in [0.2, 0.25) is 5.95 Å². The van der Waals surface area contributed by atoms with Gasteiger partial charge in [-0.3, -0.25) is 4.57 Å². The molecule has 318 valence electrons. The molecule has 4 heterocycles. The molecule has 0 aliphatic rings. The van der Waals surface area contributed by atoms with E-state index in [0.717, 1.165) is 99.6 Å². The fourth-order valence-electron chi connectivity index (χ4n) is 9.64. The molecule has 0 spiro atoms. The summed E-state index contributed by atoms with van der Waals surface area (Å²) in [5, 5.41) is 4.41. The van der Waals surface area contributed by atoms with Gasteiger partial charge in [0.15, 0.2) is 17.5 Å². The first-order valence-corrected chi connectivity index (χ1v) is 22.8. The first-order valence-electron chi connectivity index (χ1n) is 22.8. The van der Waals surface area contributed by atoms with E-state index in [0.29, 0.717) is 23.4 Å². The number of nitrogens with zero attached hydrogens (tertiary/aromatic N) is 7. The average molecular weight is 870 g/mol. The normalized spacial score (nSPS) is 11.5. The number of fused-ring (bicyclic) bond motifs is 6. The Labute approximate surface area is 392 Å². The third-order valence-electron chi connectivity index (χ3n) is 12.8. The van der Waals surface area contributed by atoms with Crippen LogP contribution in [0.3, 0.4) is 0 Å². The topological polar surface area (TPSA) is 74.3 Å². The molecular formula is C61H39N7. The van der Waals surface area contributed by atoms with Crippen LogP contribution in [0.15, 0.2) is 237 Å². The summed E-state index contributed by atoms with van der Waals surface area (Å²) < 4.78 is 4.55. The number of hydrogen-bond acceptors (Lipinski definition) is 5. The molecule has 7 heteroatoms. The lowest BCUT2D eigenvalue weighted by atomic mass is 9.99. The molecule has 0 atom stereocenters. The van der Waals surface area contributed by atoms with Crippen LogP contribution in [0.1, 0.15) is 0 Å². The Hall–Kier alpha value is -9.33. The van der Waals surface area contributed by atoms with Gasteiger partial charge in [-0.2, -0.15) is 0 Å². The molecule has 0 bridgehead atoms. The molecule has 0 saturated carbocycles. The second-order valence-corrected chi connectivity index (χ2v) is 16.9. The van der Waals surface area contributed by atoms with Crippen LogP contribution >= 0.6 is 0 Å². The van der Waals surface area contributed by atoms with E-state index in [2.05, 4.69) is 173 Å². The van der Waals surface area contributed by atoms with Gasteiger partial charge in [-0.25, -0.2) is 24.9 Å². The summed E-state index contributed by atoms with van der Waals surface area (Å²) in [6, 6.07) is 82.2. The molecule has 0 N–H and O–H groups in total. The molecule has 0 unspecified atom stereocenters. The van der Waals surface area contributed by atoms with E-state index in [1.165, 1.54) is 0 Å². The minimum Gasteiger partial charge on any atom is -0.309 e. The third-order valence-corrected chi connectivity index (χ3v) is 12.8. The molecular weight excluding hydrogens is 831 g/mol. The van der Waals surface area contributed by atoms with Crippen LogP contribution < -0.4 is 0 Å². The molecule has 68 heavy (non-hydrogen) atoms. The van der Waals surface area contributed by atoms with Crippen LogP contribution in [0, 0.1) is 0 Å². The molecule has 0 amide bonds. The van der Waals surface area contributed by atoms with E-state index < -0.39 is 0 Å². The van der Waals surface area contributed by atoms with Gasteiger partial charge in [-0.1, -0.05) is 182 Å². The first-order chi connectivity index (χ1) is 33.7. The van der Waals surface area contributed by atoms with Gasteiger partial charge in [0.25, 0.3) is 0 Å². The van der Waals surface area contributed by atoms with Gasteiger partial charge in [0, 0.05) is 55.0 Å². The highest BCUT2D eigenvalue weighted by molar-refractivity contribution is 6.16. The molecule has 13 aromatic rings. The number of para-hydroxylation sites is 2. The third kappa shape index (κ3) is 6.72. The van der Waals surface area contributed by atoms with E-state index in [9.17, 15) is 0 Å². The lowest BCUT2D eigenvalue weighted by Crippen LogP contribution is -2.03. The standard InChI is InChI=1S/C61H39N7/c1-6-19-40(20-7-1)51-39-52(41-21-8-2-9-22-41)63-61(62-51)68-53-31-17-16-29-47(53)49-37-44(33-35-54(49)68)45-34-36-55-50(38-45)57-48(30-18-32-56(57)67(55)46-27-14-5-15-28-46)60-65-58(42-23-10-3-11-24-42)64-59(66-60)43-25-12-4-13-26-43/h1-39H. The maximum absolute atomic E-state index is 5.26. The Morgan fingerprint density at radius 2 is 0.721 bits per heavy atom. The molecule has 4 aromatic heterocycles. The van der Waals surface area contributed by atoms with Crippen molar-refractivity contribution < 1.29 is 0 Å². The maximum Gasteiger partial charge on any atom is 0.235 e. The summed E-state index contributed by atoms with van der Waals surface area (Å²) >= 11 is 0. The summed E-state index contributed by atoms with van der Waals surface area (Å²) in [7, 11) is 0. The van der Waals surface area contributed by atoms with Crippen molar-refractivity contribution in [2.45, 2.75) is 0 Å². The van der Waals surface area contributed by atoms with Gasteiger partial charge >= 0.3 is 0 Å². The summed E-state index contributed by atoms with van der Waals surface area (Å²) in [6.45, 7) is 0. The highest BCUT2D eigenvalue weighted by Crippen LogP contribution is 2.42. The van der Waals surface area contributed by atoms with Crippen molar-refractivity contribution in [3.05, 3.63) is 237 Å². The number of benzene rings is 9. The Morgan fingerprint density at radius 3 is 1.31 bits per heavy atom. The van der Waals surface area contributed by atoms with Crippen LogP contribution in [-0.4, -0.2) is 34.1 Å². The van der Waals surface area contributed by atoms with E-state index in [-0.39, 0.29) is 0 Å². The monoisotopic (exact) mass is 869 g/mol. The van der Waals surface area contributed by atoms with Gasteiger partial charge in [-0.15, -0.1) is 0 Å². The van der Waals surface area contributed by atoms with Gasteiger partial charge in [0.05, 0.1) is 33.5 Å². The zero-order chi connectivity index (χ0) is 45.0. The second kappa shape index (κ2) is 16.3. The minimum absolute atomic E-state index is 0.615. The SMILES string of the molecule is c1ccc(-c2cc(-c3ccccc3)nc(-n3c4ccccc4c4cc(-c5ccc6c(c5)c5c(-c7nc(-c8ccccc8)nc(-c8ccccc8)n7)cccc5n6-c5ccccc5)ccc43)n2)cc1. The smallest absolute Gasteiger partial charge is 0.235 e. The number of aromatic nitrogens is 7. The van der Waals surface area contributed by atoms with Crippen molar-refractivity contribution in [3.63, 3.8) is 0 Å². The lowest BCUT2D eigenvalue weighted by Gasteiger charge is -2.12. The van der Waals surface area contributed by atoms with Crippen LogP contribution in [0.25, 0.3) is 123 Å². The largest absolute Gasteiger partial charge is 0.309 e. The summed E-state index contributed by atoms with van der Waals surface area (Å²) in [6.07, 6.45) is 0. The first kappa shape index (κ1) is 39.1. The Balaban J connectivity index is 1.02. The molecule has 0 aliphatic carbocycles. The fraction of sp³-hybridized carbons (Fsp3) is 0. The quantitative estimate of drug-likeness (QED) is 0.152. The molecule has 0 radical (unpaired) electrons. The van der Waals surface area contributed by atoms with Gasteiger partial charge in [0.1, 0.15) is 0 Å². The highest BCUT2D eigenvalue weighted by Gasteiger charge is 2.22. The van der Waals surface area contributed by atoms with E-state index >= 15 is 0 Å². The maximum atomic E-state index is 5.26. The lowest BCUT2D eigenvalue weighted by molar-refractivity contribution is 0.995. The predicted molar refractivity (Wildman–Crippen MR) is 277 cm³/mol. The van der Waals surface area contributed by atoms with Gasteiger partial charge in [-0.05, 0) is 65.7 Å². The number of hydrogen-bond donors (Lipinski definition) is 0. The molecule has 9 aromatic carbocycles. The molecule has 7 nitrogen and oxygen atoms in total. The highest BCUT2D eigenvalue weighted by atomic mass is 15.2. The van der Waals surface area contributed by atoms with Crippen molar-refractivity contribution >= 4 is 43.6 Å². The summed E-state index contributed by atoms with van der Waals surface area (Å²) in [5.41, 5.74) is 14.1. The predicted octanol–water partition coefficient (Wildman–Crippen LogP) is 14.9. The van der Waals surface area contributed by atoms with E-state index in [1.807, 2.05) is 72.8 Å². The van der Waals surface area contributed by atoms with Crippen LogP contribution in [-0.2, 0) is 0 Å². The zero-order valence-electron chi connectivity index (χ0n) is 36.6. The Kier molecular flexibility index (Phi) is 9.35. The van der Waals surface area contributed by atoms with Crippen molar-refractivity contribution in [2.75, 3.05) is 0 Å². The number of rotatable bonds is 8.